The highest BCUT2D eigenvalue weighted by atomic mass is 15.2. The Balaban J connectivity index is 1.54. The average Bonchev–Trinajstić information content (AvgIpc) is 3.28. The predicted molar refractivity (Wildman–Crippen MR) is 80.0 cm³/mol. The van der Waals surface area contributed by atoms with Crippen LogP contribution >= 0.6 is 0 Å². The molecule has 104 valence electrons. The van der Waals surface area contributed by atoms with Gasteiger partial charge in [-0.05, 0) is 49.3 Å². The topological polar surface area (TPSA) is 15.3 Å². The van der Waals surface area contributed by atoms with Crippen molar-refractivity contribution in [3.8, 4) is 0 Å². The maximum absolute atomic E-state index is 3.38. The molecule has 2 nitrogen and oxygen atoms in total. The first-order chi connectivity index (χ1) is 9.35. The monoisotopic (exact) mass is 258 g/mol. The van der Waals surface area contributed by atoms with Crippen molar-refractivity contribution in [2.75, 3.05) is 13.1 Å². The number of hydrogen-bond acceptors (Lipinski definition) is 2. The van der Waals surface area contributed by atoms with Crippen LogP contribution in [0.3, 0.4) is 0 Å². The van der Waals surface area contributed by atoms with Gasteiger partial charge in [0.05, 0.1) is 0 Å². The Kier molecular flexibility index (Phi) is 4.19. The molecule has 2 aliphatic rings. The van der Waals surface area contributed by atoms with Crippen LogP contribution in [0.2, 0.25) is 0 Å². The van der Waals surface area contributed by atoms with Gasteiger partial charge in [-0.2, -0.15) is 0 Å². The molecule has 3 rings (SSSR count). The first-order valence-electron chi connectivity index (χ1n) is 7.87. The molecule has 2 fully saturated rings. The molecule has 2 heteroatoms. The zero-order valence-electron chi connectivity index (χ0n) is 12.1. The highest BCUT2D eigenvalue weighted by Crippen LogP contribution is 2.35. The van der Waals surface area contributed by atoms with Crippen LogP contribution < -0.4 is 5.32 Å². The largest absolute Gasteiger partial charge is 0.313 e. The molecule has 0 unspecified atom stereocenters. The van der Waals surface area contributed by atoms with Crippen LogP contribution in [0, 0.1) is 5.92 Å². The lowest BCUT2D eigenvalue weighted by Gasteiger charge is -2.22. The molecule has 19 heavy (non-hydrogen) atoms. The van der Waals surface area contributed by atoms with Crippen molar-refractivity contribution in [3.05, 3.63) is 35.4 Å². The van der Waals surface area contributed by atoms with E-state index >= 15 is 0 Å². The second kappa shape index (κ2) is 6.06. The molecular formula is C17H26N2. The Bertz CT molecular complexity index is 390. The summed E-state index contributed by atoms with van der Waals surface area (Å²) in [6.45, 7) is 6.68. The van der Waals surface area contributed by atoms with E-state index in [2.05, 4.69) is 41.4 Å². The maximum Gasteiger partial charge on any atom is 0.0236 e. The normalized spacial score (nSPS) is 19.1. The van der Waals surface area contributed by atoms with Crippen molar-refractivity contribution in [2.45, 2.75) is 51.7 Å². The molecule has 0 aromatic heterocycles. The zero-order valence-corrected chi connectivity index (χ0v) is 12.1. The molecule has 1 aromatic carbocycles. The van der Waals surface area contributed by atoms with E-state index < -0.39 is 0 Å². The molecule has 2 saturated carbocycles. The van der Waals surface area contributed by atoms with Crippen molar-refractivity contribution < 1.29 is 0 Å². The Hall–Kier alpha value is -0.860. The van der Waals surface area contributed by atoms with E-state index in [1.807, 2.05) is 0 Å². The van der Waals surface area contributed by atoms with E-state index in [0.29, 0.717) is 0 Å². The van der Waals surface area contributed by atoms with Crippen LogP contribution in [0.15, 0.2) is 24.3 Å². The third-order valence-corrected chi connectivity index (χ3v) is 4.24. The lowest BCUT2D eigenvalue weighted by atomic mass is 10.1. The van der Waals surface area contributed by atoms with E-state index in [9.17, 15) is 0 Å². The fraction of sp³-hybridized carbons (Fsp3) is 0.647. The summed E-state index contributed by atoms with van der Waals surface area (Å²) >= 11 is 0. The van der Waals surface area contributed by atoms with Gasteiger partial charge in [0, 0.05) is 25.7 Å². The first kappa shape index (κ1) is 13.1. The Morgan fingerprint density at radius 1 is 1.05 bits per heavy atom. The smallest absolute Gasteiger partial charge is 0.0236 e. The minimum absolute atomic E-state index is 0.891. The third kappa shape index (κ3) is 4.05. The first-order valence-corrected chi connectivity index (χ1v) is 7.87. The molecule has 2 aliphatic carbocycles. The van der Waals surface area contributed by atoms with Crippen molar-refractivity contribution in [1.29, 1.82) is 0 Å². The summed E-state index contributed by atoms with van der Waals surface area (Å²) in [4.78, 5) is 2.72. The number of nitrogens with zero attached hydrogens (tertiary/aromatic N) is 1. The van der Waals surface area contributed by atoms with Crippen LogP contribution in [0.1, 0.15) is 43.7 Å². The summed E-state index contributed by atoms with van der Waals surface area (Å²) in [6, 6.07) is 10.1. The molecule has 1 aromatic rings. The van der Waals surface area contributed by atoms with Crippen LogP contribution in [0.4, 0.5) is 0 Å². The molecule has 0 bridgehead atoms. The van der Waals surface area contributed by atoms with Gasteiger partial charge >= 0.3 is 0 Å². The molecule has 0 radical (unpaired) electrons. The van der Waals surface area contributed by atoms with Crippen molar-refractivity contribution in [2.24, 2.45) is 5.92 Å². The lowest BCUT2D eigenvalue weighted by Crippen LogP contribution is -2.27. The minimum atomic E-state index is 0.891. The zero-order chi connectivity index (χ0) is 13.1. The molecule has 0 spiro atoms. The van der Waals surface area contributed by atoms with Gasteiger partial charge in [-0.1, -0.05) is 31.2 Å². The van der Waals surface area contributed by atoms with Gasteiger partial charge in [0.1, 0.15) is 0 Å². The molecular weight excluding hydrogens is 232 g/mol. The highest BCUT2D eigenvalue weighted by Gasteiger charge is 2.33. The fourth-order valence-corrected chi connectivity index (χ4v) is 2.68. The number of hydrogen-bond donors (Lipinski definition) is 1. The van der Waals surface area contributed by atoms with Crippen LogP contribution in [-0.4, -0.2) is 24.0 Å². The van der Waals surface area contributed by atoms with Gasteiger partial charge in [0.25, 0.3) is 0 Å². The average molecular weight is 258 g/mol. The summed E-state index contributed by atoms with van der Waals surface area (Å²) in [7, 11) is 0. The van der Waals surface area contributed by atoms with E-state index in [1.54, 1.807) is 0 Å². The molecule has 0 heterocycles. The Labute approximate surface area is 117 Å². The van der Waals surface area contributed by atoms with E-state index in [0.717, 1.165) is 31.6 Å². The lowest BCUT2D eigenvalue weighted by molar-refractivity contribution is 0.244. The summed E-state index contributed by atoms with van der Waals surface area (Å²) in [5, 5.41) is 3.38. The minimum Gasteiger partial charge on any atom is -0.313 e. The quantitative estimate of drug-likeness (QED) is 0.770. The molecule has 1 N–H and O–H groups in total. The predicted octanol–water partition coefficient (Wildman–Crippen LogP) is 3.17. The standard InChI is InChI=1S/C17H26N2/c1-2-18-11-14-3-5-15(6-4-14)12-19(17-9-10-17)13-16-7-8-16/h3-6,16-18H,2,7-13H2,1H3. The summed E-state index contributed by atoms with van der Waals surface area (Å²) in [5.41, 5.74) is 2.87. The molecule has 0 amide bonds. The van der Waals surface area contributed by atoms with Gasteiger partial charge in [-0.15, -0.1) is 0 Å². The second-order valence-electron chi connectivity index (χ2n) is 6.20. The van der Waals surface area contributed by atoms with Gasteiger partial charge < -0.3 is 5.32 Å². The highest BCUT2D eigenvalue weighted by molar-refractivity contribution is 5.22. The van der Waals surface area contributed by atoms with Gasteiger partial charge in [0.15, 0.2) is 0 Å². The number of benzene rings is 1. The molecule has 0 saturated heterocycles. The summed E-state index contributed by atoms with van der Waals surface area (Å²) < 4.78 is 0. The van der Waals surface area contributed by atoms with Gasteiger partial charge in [-0.25, -0.2) is 0 Å². The van der Waals surface area contributed by atoms with E-state index in [1.165, 1.54) is 43.4 Å². The molecule has 0 atom stereocenters. The third-order valence-electron chi connectivity index (χ3n) is 4.24. The summed E-state index contributed by atoms with van der Waals surface area (Å²) in [5.74, 6) is 1.01. The van der Waals surface area contributed by atoms with E-state index in [-0.39, 0.29) is 0 Å². The van der Waals surface area contributed by atoms with E-state index in [4.69, 9.17) is 0 Å². The SMILES string of the molecule is CCNCc1ccc(CN(CC2CC2)C2CC2)cc1. The van der Waals surface area contributed by atoms with Crippen molar-refractivity contribution in [1.82, 2.24) is 10.2 Å². The van der Waals surface area contributed by atoms with Crippen LogP contribution in [0.25, 0.3) is 0 Å². The van der Waals surface area contributed by atoms with Crippen molar-refractivity contribution >= 4 is 0 Å². The van der Waals surface area contributed by atoms with Crippen LogP contribution in [-0.2, 0) is 13.1 Å². The fourth-order valence-electron chi connectivity index (χ4n) is 2.68. The summed E-state index contributed by atoms with van der Waals surface area (Å²) in [6.07, 6.45) is 5.77. The number of nitrogens with one attached hydrogen (secondary N) is 1. The van der Waals surface area contributed by atoms with Crippen molar-refractivity contribution in [3.63, 3.8) is 0 Å². The Morgan fingerprint density at radius 3 is 2.32 bits per heavy atom. The maximum atomic E-state index is 3.38. The van der Waals surface area contributed by atoms with Gasteiger partial charge in [-0.3, -0.25) is 4.90 Å². The Morgan fingerprint density at radius 2 is 1.74 bits per heavy atom. The van der Waals surface area contributed by atoms with Gasteiger partial charge in [0.2, 0.25) is 0 Å². The molecule has 0 aliphatic heterocycles. The number of rotatable bonds is 8. The second-order valence-corrected chi connectivity index (χ2v) is 6.20. The van der Waals surface area contributed by atoms with Crippen LogP contribution in [0.5, 0.6) is 0 Å².